The number of hydrogen-bond acceptors (Lipinski definition) is 3. The first-order chi connectivity index (χ1) is 5.63. The van der Waals surface area contributed by atoms with Crippen molar-refractivity contribution in [3.8, 4) is 0 Å². The topological polar surface area (TPSA) is 38.7 Å². The van der Waals surface area contributed by atoms with Crippen molar-refractivity contribution in [3.05, 3.63) is 23.4 Å². The van der Waals surface area contributed by atoms with Crippen LogP contribution in [0.25, 0.3) is 0 Å². The van der Waals surface area contributed by atoms with Gasteiger partial charge in [0, 0.05) is 6.92 Å². The molecule has 12 heavy (non-hydrogen) atoms. The van der Waals surface area contributed by atoms with Gasteiger partial charge < -0.3 is 4.74 Å². The highest BCUT2D eigenvalue weighted by molar-refractivity contribution is 6.03. The molecular weight excluding hydrogens is 154 g/mol. The van der Waals surface area contributed by atoms with Gasteiger partial charge in [-0.25, -0.2) is 9.79 Å². The summed E-state index contributed by atoms with van der Waals surface area (Å²) in [7, 11) is 0. The molecule has 0 aromatic heterocycles. The van der Waals surface area contributed by atoms with Gasteiger partial charge in [0.05, 0.1) is 0 Å². The van der Waals surface area contributed by atoms with E-state index in [1.54, 1.807) is 13.0 Å². The van der Waals surface area contributed by atoms with Gasteiger partial charge in [0.15, 0.2) is 11.6 Å². The fourth-order valence-corrected chi connectivity index (χ4v) is 0.815. The largest absolute Gasteiger partial charge is 0.407 e. The standard InChI is InChI=1S/C9H11NO2/c1-4-6(2)5-8-9(11)12-7(3)10-8/h4-5H,1-3H3. The second-order valence-corrected chi connectivity index (χ2v) is 2.58. The molecule has 64 valence electrons. The van der Waals surface area contributed by atoms with E-state index in [2.05, 4.69) is 4.99 Å². The molecule has 0 bridgehead atoms. The molecule has 3 heteroatoms. The summed E-state index contributed by atoms with van der Waals surface area (Å²) in [6, 6.07) is 0. The second-order valence-electron chi connectivity index (χ2n) is 2.58. The van der Waals surface area contributed by atoms with Gasteiger partial charge in [-0.3, -0.25) is 0 Å². The summed E-state index contributed by atoms with van der Waals surface area (Å²) in [5.74, 6) is 0.0452. The fraction of sp³-hybridized carbons (Fsp3) is 0.333. The highest BCUT2D eigenvalue weighted by Crippen LogP contribution is 2.12. The number of carbonyl (C=O) groups is 1. The molecule has 1 aliphatic rings. The van der Waals surface area contributed by atoms with Crippen LogP contribution in [-0.4, -0.2) is 11.9 Å². The number of hydrogen-bond donors (Lipinski definition) is 0. The second kappa shape index (κ2) is 3.34. The molecule has 1 rings (SSSR count). The van der Waals surface area contributed by atoms with Crippen molar-refractivity contribution >= 4 is 11.9 Å². The number of nitrogens with zero attached hydrogens (tertiary/aromatic N) is 1. The molecule has 0 unspecified atom stereocenters. The van der Waals surface area contributed by atoms with Crippen LogP contribution in [0.4, 0.5) is 0 Å². The van der Waals surface area contributed by atoms with Crippen LogP contribution in [0.15, 0.2) is 28.4 Å². The molecular formula is C9H11NO2. The van der Waals surface area contributed by atoms with E-state index >= 15 is 0 Å². The summed E-state index contributed by atoms with van der Waals surface area (Å²) in [6.07, 6.45) is 3.61. The molecule has 0 saturated carbocycles. The Hall–Kier alpha value is -1.38. The number of esters is 1. The minimum Gasteiger partial charge on any atom is -0.407 e. The third-order valence-corrected chi connectivity index (χ3v) is 1.55. The minimum atomic E-state index is -0.367. The smallest absolute Gasteiger partial charge is 0.363 e. The van der Waals surface area contributed by atoms with Crippen LogP contribution in [0.2, 0.25) is 0 Å². The first-order valence-electron chi connectivity index (χ1n) is 3.75. The number of aliphatic imine (C=N–C) groups is 1. The molecule has 0 aromatic carbocycles. The Morgan fingerprint density at radius 3 is 2.67 bits per heavy atom. The molecule has 0 aromatic rings. The Morgan fingerprint density at radius 1 is 1.58 bits per heavy atom. The van der Waals surface area contributed by atoms with Crippen LogP contribution in [0.1, 0.15) is 20.8 Å². The molecule has 0 saturated heterocycles. The molecule has 0 spiro atoms. The van der Waals surface area contributed by atoms with Crippen LogP contribution in [0.5, 0.6) is 0 Å². The predicted octanol–water partition coefficient (Wildman–Crippen LogP) is 1.81. The van der Waals surface area contributed by atoms with Gasteiger partial charge in [0.1, 0.15) is 0 Å². The predicted molar refractivity (Wildman–Crippen MR) is 46.7 cm³/mol. The average Bonchev–Trinajstić information content (AvgIpc) is 2.30. The lowest BCUT2D eigenvalue weighted by atomic mass is 10.2. The third kappa shape index (κ3) is 1.81. The Labute approximate surface area is 71.4 Å². The maximum Gasteiger partial charge on any atom is 0.363 e. The van der Waals surface area contributed by atoms with E-state index in [4.69, 9.17) is 4.74 Å². The Morgan fingerprint density at radius 2 is 2.25 bits per heavy atom. The highest BCUT2D eigenvalue weighted by Gasteiger charge is 2.18. The molecule has 0 fully saturated rings. The van der Waals surface area contributed by atoms with Gasteiger partial charge in [-0.05, 0) is 19.9 Å². The summed E-state index contributed by atoms with van der Waals surface area (Å²) in [4.78, 5) is 14.9. The van der Waals surface area contributed by atoms with Crippen molar-refractivity contribution in [1.82, 2.24) is 0 Å². The first kappa shape index (κ1) is 8.71. The Bertz CT molecular complexity index is 298. The Kier molecular flexibility index (Phi) is 2.43. The van der Waals surface area contributed by atoms with E-state index in [-0.39, 0.29) is 5.97 Å². The van der Waals surface area contributed by atoms with Crippen LogP contribution < -0.4 is 0 Å². The molecule has 0 N–H and O–H groups in total. The normalized spacial score (nSPS) is 21.2. The van der Waals surface area contributed by atoms with Gasteiger partial charge in [0.2, 0.25) is 0 Å². The highest BCUT2D eigenvalue weighted by atomic mass is 16.6. The van der Waals surface area contributed by atoms with Crippen LogP contribution >= 0.6 is 0 Å². The molecule has 0 aliphatic carbocycles. The molecule has 0 radical (unpaired) electrons. The zero-order chi connectivity index (χ0) is 9.14. The van der Waals surface area contributed by atoms with Gasteiger partial charge >= 0.3 is 5.97 Å². The van der Waals surface area contributed by atoms with Gasteiger partial charge in [-0.1, -0.05) is 11.6 Å². The average molecular weight is 165 g/mol. The first-order valence-corrected chi connectivity index (χ1v) is 3.75. The number of rotatable bonds is 1. The number of cyclic esters (lactones) is 1. The van der Waals surface area contributed by atoms with Crippen molar-refractivity contribution in [3.63, 3.8) is 0 Å². The lowest BCUT2D eigenvalue weighted by Crippen LogP contribution is -1.99. The third-order valence-electron chi connectivity index (χ3n) is 1.55. The van der Waals surface area contributed by atoms with Crippen LogP contribution in [0.3, 0.4) is 0 Å². The molecule has 1 heterocycles. The monoisotopic (exact) mass is 165 g/mol. The maximum absolute atomic E-state index is 11.0. The molecule has 0 amide bonds. The number of allylic oxidation sites excluding steroid dienone is 3. The van der Waals surface area contributed by atoms with E-state index in [0.29, 0.717) is 11.6 Å². The zero-order valence-electron chi connectivity index (χ0n) is 7.42. The zero-order valence-corrected chi connectivity index (χ0v) is 7.42. The van der Waals surface area contributed by atoms with Crippen molar-refractivity contribution in [1.29, 1.82) is 0 Å². The van der Waals surface area contributed by atoms with E-state index in [1.165, 1.54) is 0 Å². The summed E-state index contributed by atoms with van der Waals surface area (Å²) < 4.78 is 4.73. The summed E-state index contributed by atoms with van der Waals surface area (Å²) in [5.41, 5.74) is 1.38. The molecule has 3 nitrogen and oxygen atoms in total. The van der Waals surface area contributed by atoms with Crippen molar-refractivity contribution < 1.29 is 9.53 Å². The van der Waals surface area contributed by atoms with Crippen molar-refractivity contribution in [2.75, 3.05) is 0 Å². The maximum atomic E-state index is 11.0. The van der Waals surface area contributed by atoms with Gasteiger partial charge in [0.25, 0.3) is 0 Å². The van der Waals surface area contributed by atoms with Crippen molar-refractivity contribution in [2.24, 2.45) is 4.99 Å². The Balaban J connectivity index is 2.90. The number of ether oxygens (including phenoxy) is 1. The van der Waals surface area contributed by atoms with Crippen molar-refractivity contribution in [2.45, 2.75) is 20.8 Å². The van der Waals surface area contributed by atoms with E-state index < -0.39 is 0 Å². The quantitative estimate of drug-likeness (QED) is 0.439. The van der Waals surface area contributed by atoms with Gasteiger partial charge in [-0.15, -0.1) is 0 Å². The number of carbonyl (C=O) groups excluding carboxylic acids is 1. The van der Waals surface area contributed by atoms with E-state index in [0.717, 1.165) is 5.57 Å². The summed E-state index contributed by atoms with van der Waals surface area (Å²) in [6.45, 7) is 5.47. The molecule has 0 atom stereocenters. The summed E-state index contributed by atoms with van der Waals surface area (Å²) >= 11 is 0. The summed E-state index contributed by atoms with van der Waals surface area (Å²) in [5, 5.41) is 0. The molecule has 1 aliphatic heterocycles. The van der Waals surface area contributed by atoms with E-state index in [1.807, 2.05) is 19.9 Å². The van der Waals surface area contributed by atoms with Crippen LogP contribution in [0, 0.1) is 0 Å². The lowest BCUT2D eigenvalue weighted by Gasteiger charge is -1.90. The van der Waals surface area contributed by atoms with Crippen LogP contribution in [-0.2, 0) is 9.53 Å². The SMILES string of the molecule is CC=C(C)C=C1N=C(C)OC1=O. The van der Waals surface area contributed by atoms with Gasteiger partial charge in [-0.2, -0.15) is 0 Å². The minimum absolute atomic E-state index is 0.367. The lowest BCUT2D eigenvalue weighted by molar-refractivity contribution is -0.130. The fourth-order valence-electron chi connectivity index (χ4n) is 0.815. The van der Waals surface area contributed by atoms with E-state index in [9.17, 15) is 4.79 Å².